The van der Waals surface area contributed by atoms with Crippen LogP contribution in [0, 0.1) is 5.92 Å². The van der Waals surface area contributed by atoms with E-state index in [0.717, 1.165) is 18.4 Å². The van der Waals surface area contributed by atoms with E-state index in [0.29, 0.717) is 36.7 Å². The summed E-state index contributed by atoms with van der Waals surface area (Å²) in [6.45, 7) is 1.51. The van der Waals surface area contributed by atoms with Crippen molar-refractivity contribution in [2.75, 3.05) is 18.4 Å². The number of hydrogen-bond acceptors (Lipinski definition) is 5. The van der Waals surface area contributed by atoms with Crippen molar-refractivity contribution in [2.24, 2.45) is 16.0 Å². The van der Waals surface area contributed by atoms with Gasteiger partial charge in [-0.25, -0.2) is 0 Å². The lowest BCUT2D eigenvalue weighted by Crippen LogP contribution is -2.44. The highest BCUT2D eigenvalue weighted by Gasteiger charge is 2.32. The number of fused-ring (bicyclic) bond motifs is 1. The van der Waals surface area contributed by atoms with Crippen molar-refractivity contribution in [2.45, 2.75) is 24.3 Å². The van der Waals surface area contributed by atoms with Crippen LogP contribution in [0.1, 0.15) is 28.8 Å². The summed E-state index contributed by atoms with van der Waals surface area (Å²) in [5, 5.41) is 3.16. The highest BCUT2D eigenvalue weighted by atomic mass is 32.2. The van der Waals surface area contributed by atoms with Gasteiger partial charge in [-0.15, -0.1) is 4.40 Å². The molecule has 0 bridgehead atoms. The summed E-state index contributed by atoms with van der Waals surface area (Å²) in [5.41, 5.74) is 7.72. The minimum absolute atomic E-state index is 0.0621. The Bertz CT molecular complexity index is 1030. The van der Waals surface area contributed by atoms with Crippen LogP contribution in [0.2, 0.25) is 0 Å². The lowest BCUT2D eigenvalue weighted by Gasteiger charge is -2.34. The van der Waals surface area contributed by atoms with Gasteiger partial charge >= 0.3 is 0 Å². The molecule has 0 aliphatic carbocycles. The Balaban J connectivity index is 1.54. The molecule has 2 heterocycles. The van der Waals surface area contributed by atoms with E-state index < -0.39 is 10.0 Å². The zero-order valence-electron chi connectivity index (χ0n) is 15.3. The second kappa shape index (κ2) is 7.37. The molecule has 2 aliphatic heterocycles. The number of benzene rings is 2. The SMILES string of the molecule is NCc1ccc(C(=O)N2CCCC(C3=NS(=O)(=O)c4ccccc4N3)C2)cc1. The minimum atomic E-state index is -3.73. The van der Waals surface area contributed by atoms with Gasteiger partial charge in [0.15, 0.2) is 0 Å². The summed E-state index contributed by atoms with van der Waals surface area (Å²) < 4.78 is 29.0. The van der Waals surface area contributed by atoms with E-state index in [2.05, 4.69) is 9.71 Å². The van der Waals surface area contributed by atoms with Crippen LogP contribution in [-0.2, 0) is 16.6 Å². The van der Waals surface area contributed by atoms with Gasteiger partial charge in [0.25, 0.3) is 15.9 Å². The first kappa shape index (κ1) is 18.6. The van der Waals surface area contributed by atoms with Gasteiger partial charge in [-0.3, -0.25) is 4.79 Å². The molecule has 1 atom stereocenters. The fraction of sp³-hybridized carbons (Fsp3) is 0.300. The molecule has 4 rings (SSSR count). The number of sulfonamides is 1. The first-order chi connectivity index (χ1) is 13.5. The molecule has 1 fully saturated rings. The van der Waals surface area contributed by atoms with Gasteiger partial charge in [0.05, 0.1) is 5.69 Å². The first-order valence-corrected chi connectivity index (χ1v) is 10.7. The molecule has 3 N–H and O–H groups in total. The number of nitrogens with two attached hydrogens (primary N) is 1. The molecule has 8 heteroatoms. The Labute approximate surface area is 164 Å². The Morgan fingerprint density at radius 3 is 2.68 bits per heavy atom. The van der Waals surface area contributed by atoms with Crippen LogP contribution >= 0.6 is 0 Å². The van der Waals surface area contributed by atoms with Crippen molar-refractivity contribution >= 4 is 27.5 Å². The number of carbonyl (C=O) groups is 1. The molecule has 1 unspecified atom stereocenters. The van der Waals surface area contributed by atoms with E-state index >= 15 is 0 Å². The lowest BCUT2D eigenvalue weighted by atomic mass is 9.95. The normalized spacial score (nSPS) is 20.7. The standard InChI is InChI=1S/C20H22N4O3S/c21-12-14-7-9-15(10-8-14)20(25)24-11-3-4-16(13-24)19-22-17-5-1-2-6-18(17)28(26,27)23-19/h1-2,5-10,16H,3-4,11-13,21H2,(H,22,23). The van der Waals surface area contributed by atoms with Crippen molar-refractivity contribution < 1.29 is 13.2 Å². The second-order valence-electron chi connectivity index (χ2n) is 7.06. The number of rotatable bonds is 3. The number of nitrogens with one attached hydrogen (secondary N) is 1. The number of anilines is 1. The van der Waals surface area contributed by atoms with Crippen LogP contribution in [0.4, 0.5) is 5.69 Å². The highest BCUT2D eigenvalue weighted by molar-refractivity contribution is 7.90. The number of amides is 1. The molecule has 0 aromatic heterocycles. The number of para-hydroxylation sites is 1. The van der Waals surface area contributed by atoms with Gasteiger partial charge in [-0.1, -0.05) is 24.3 Å². The molecule has 0 spiro atoms. The van der Waals surface area contributed by atoms with Crippen molar-refractivity contribution in [1.82, 2.24) is 4.90 Å². The Hall–Kier alpha value is -2.71. The maximum Gasteiger partial charge on any atom is 0.286 e. The molecule has 2 aromatic rings. The number of likely N-dealkylation sites (tertiary alicyclic amines) is 1. The molecular formula is C20H22N4O3S. The zero-order valence-corrected chi connectivity index (χ0v) is 16.2. The third-order valence-corrected chi connectivity index (χ3v) is 6.53. The summed E-state index contributed by atoms with van der Waals surface area (Å²) in [6, 6.07) is 14.0. The van der Waals surface area contributed by atoms with E-state index in [9.17, 15) is 13.2 Å². The molecule has 1 amide bonds. The topological polar surface area (TPSA) is 105 Å². The Morgan fingerprint density at radius 2 is 1.93 bits per heavy atom. The van der Waals surface area contributed by atoms with Crippen molar-refractivity contribution in [3.63, 3.8) is 0 Å². The first-order valence-electron chi connectivity index (χ1n) is 9.27. The third-order valence-electron chi connectivity index (χ3n) is 5.18. The maximum atomic E-state index is 12.9. The van der Waals surface area contributed by atoms with E-state index in [1.807, 2.05) is 12.1 Å². The third kappa shape index (κ3) is 3.53. The zero-order chi connectivity index (χ0) is 19.7. The smallest absolute Gasteiger partial charge is 0.286 e. The predicted octanol–water partition coefficient (Wildman–Crippen LogP) is 2.21. The van der Waals surface area contributed by atoms with Crippen LogP contribution in [0.15, 0.2) is 57.8 Å². The Morgan fingerprint density at radius 1 is 1.18 bits per heavy atom. The summed E-state index contributed by atoms with van der Waals surface area (Å²) in [7, 11) is -3.73. The van der Waals surface area contributed by atoms with Gasteiger partial charge in [0.2, 0.25) is 0 Å². The maximum absolute atomic E-state index is 12.9. The molecule has 146 valence electrons. The molecule has 7 nitrogen and oxygen atoms in total. The molecule has 0 saturated carbocycles. The summed E-state index contributed by atoms with van der Waals surface area (Å²) in [4.78, 5) is 14.8. The number of amidine groups is 1. The van der Waals surface area contributed by atoms with Crippen molar-refractivity contribution in [1.29, 1.82) is 0 Å². The minimum Gasteiger partial charge on any atom is -0.342 e. The van der Waals surface area contributed by atoms with Crippen molar-refractivity contribution in [3.05, 3.63) is 59.7 Å². The molecular weight excluding hydrogens is 376 g/mol. The van der Waals surface area contributed by atoms with Crippen LogP contribution in [0.5, 0.6) is 0 Å². The van der Waals surface area contributed by atoms with Gasteiger partial charge in [-0.2, -0.15) is 8.42 Å². The van der Waals surface area contributed by atoms with Crippen LogP contribution in [0.3, 0.4) is 0 Å². The van der Waals surface area contributed by atoms with E-state index in [1.165, 1.54) is 0 Å². The van der Waals surface area contributed by atoms with E-state index in [4.69, 9.17) is 5.73 Å². The fourth-order valence-corrected chi connectivity index (χ4v) is 4.86. The monoisotopic (exact) mass is 398 g/mol. The predicted molar refractivity (Wildman–Crippen MR) is 108 cm³/mol. The summed E-state index contributed by atoms with van der Waals surface area (Å²) >= 11 is 0. The van der Waals surface area contributed by atoms with E-state index in [-0.39, 0.29) is 16.7 Å². The molecule has 2 aromatic carbocycles. The van der Waals surface area contributed by atoms with Gasteiger partial charge in [-0.05, 0) is 42.7 Å². The number of piperidine rings is 1. The highest BCUT2D eigenvalue weighted by Crippen LogP contribution is 2.30. The summed E-state index contributed by atoms with van der Waals surface area (Å²) in [5.74, 6) is 0.201. The molecule has 1 saturated heterocycles. The van der Waals surface area contributed by atoms with Crippen LogP contribution in [-0.4, -0.2) is 38.2 Å². The number of hydrogen-bond donors (Lipinski definition) is 2. The molecule has 2 aliphatic rings. The number of nitrogens with zero attached hydrogens (tertiary/aromatic N) is 2. The second-order valence-corrected chi connectivity index (χ2v) is 8.64. The lowest BCUT2D eigenvalue weighted by molar-refractivity contribution is 0.0703. The van der Waals surface area contributed by atoms with E-state index in [1.54, 1.807) is 41.3 Å². The molecule has 28 heavy (non-hydrogen) atoms. The summed E-state index contributed by atoms with van der Waals surface area (Å²) in [6.07, 6.45) is 1.57. The van der Waals surface area contributed by atoms with Gasteiger partial charge < -0.3 is 16.0 Å². The van der Waals surface area contributed by atoms with Gasteiger partial charge in [0.1, 0.15) is 10.7 Å². The van der Waals surface area contributed by atoms with Crippen LogP contribution < -0.4 is 11.1 Å². The van der Waals surface area contributed by atoms with Crippen molar-refractivity contribution in [3.8, 4) is 0 Å². The number of carbonyl (C=O) groups excluding carboxylic acids is 1. The fourth-order valence-electron chi connectivity index (χ4n) is 3.66. The largest absolute Gasteiger partial charge is 0.342 e. The quantitative estimate of drug-likeness (QED) is 0.825. The Kier molecular flexibility index (Phi) is 4.91. The van der Waals surface area contributed by atoms with Gasteiger partial charge in [0, 0.05) is 31.1 Å². The average molecular weight is 398 g/mol. The molecule has 0 radical (unpaired) electrons. The average Bonchev–Trinajstić information content (AvgIpc) is 2.73. The van der Waals surface area contributed by atoms with Crippen LogP contribution in [0.25, 0.3) is 0 Å².